The number of alkyl halides is 3. The van der Waals surface area contributed by atoms with Crippen molar-refractivity contribution < 1.29 is 27.5 Å². The van der Waals surface area contributed by atoms with E-state index in [1.165, 1.54) is 17.3 Å². The lowest BCUT2D eigenvalue weighted by Crippen LogP contribution is -2.58. The highest BCUT2D eigenvalue weighted by Crippen LogP contribution is 2.28. The van der Waals surface area contributed by atoms with Crippen molar-refractivity contribution in [3.63, 3.8) is 0 Å². The molecule has 0 aromatic carbocycles. The van der Waals surface area contributed by atoms with Gasteiger partial charge in [0.05, 0.1) is 11.9 Å². The Kier molecular flexibility index (Phi) is 4.36. The van der Waals surface area contributed by atoms with E-state index in [1.54, 1.807) is 12.1 Å². The monoisotopic (exact) mass is 317 g/mol. The van der Waals surface area contributed by atoms with Crippen molar-refractivity contribution in [2.24, 2.45) is 5.73 Å². The van der Waals surface area contributed by atoms with Gasteiger partial charge in [0.1, 0.15) is 0 Å². The van der Waals surface area contributed by atoms with Crippen molar-refractivity contribution in [3.05, 3.63) is 24.5 Å². The highest BCUT2D eigenvalue weighted by atomic mass is 19.4. The topological polar surface area (TPSA) is 85.5 Å². The second kappa shape index (κ2) is 5.91. The van der Waals surface area contributed by atoms with Crippen molar-refractivity contribution in [1.29, 1.82) is 0 Å². The fourth-order valence-electron chi connectivity index (χ4n) is 2.17. The Morgan fingerprint density at radius 1 is 1.41 bits per heavy atom. The molecule has 1 aromatic rings. The molecule has 1 atom stereocenters. The third kappa shape index (κ3) is 3.35. The predicted molar refractivity (Wildman–Crippen MR) is 69.5 cm³/mol. The predicted octanol–water partition coefficient (Wildman–Crippen LogP) is 1.36. The van der Waals surface area contributed by atoms with Gasteiger partial charge >= 0.3 is 12.1 Å². The maximum Gasteiger partial charge on any atom is 0.491 e. The normalized spacial score (nSPS) is 23.1. The summed E-state index contributed by atoms with van der Waals surface area (Å²) in [5.74, 6) is -3.37. The molecule has 22 heavy (non-hydrogen) atoms. The number of aromatic nitrogens is 1. The number of esters is 1. The summed E-state index contributed by atoms with van der Waals surface area (Å²) in [5.41, 5.74) is 3.72. The lowest BCUT2D eigenvalue weighted by atomic mass is 10.1. The van der Waals surface area contributed by atoms with Crippen molar-refractivity contribution in [3.8, 4) is 0 Å². The molecule has 0 radical (unpaired) electrons. The molecular weight excluding hydrogens is 303 g/mol. The van der Waals surface area contributed by atoms with Crippen LogP contribution in [0.3, 0.4) is 0 Å². The van der Waals surface area contributed by atoms with E-state index in [9.17, 15) is 22.8 Å². The van der Waals surface area contributed by atoms with Gasteiger partial charge in [-0.05, 0) is 25.0 Å². The third-order valence-electron chi connectivity index (χ3n) is 3.25. The van der Waals surface area contributed by atoms with E-state index in [0.29, 0.717) is 18.5 Å². The second-order valence-electron chi connectivity index (χ2n) is 4.90. The molecule has 2 rings (SSSR count). The standard InChI is InChI=1S/C13H14F3N3O3/c14-13(15,16)11(21)22-12(17)5-1-2-7-19(10(12)20)9-4-3-6-18-8-9/h3-4,6,8H,1-2,5,7,17H2/t12-/m0/s1. The van der Waals surface area contributed by atoms with E-state index < -0.39 is 23.8 Å². The van der Waals surface area contributed by atoms with Crippen LogP contribution in [0.1, 0.15) is 19.3 Å². The van der Waals surface area contributed by atoms with Gasteiger partial charge in [0.15, 0.2) is 0 Å². The minimum atomic E-state index is -5.21. The molecule has 1 amide bonds. The van der Waals surface area contributed by atoms with Crippen LogP contribution < -0.4 is 10.6 Å². The Bertz CT molecular complexity index is 565. The first-order valence-electron chi connectivity index (χ1n) is 6.55. The van der Waals surface area contributed by atoms with Crippen LogP contribution in [0.15, 0.2) is 24.5 Å². The molecule has 2 heterocycles. The quantitative estimate of drug-likeness (QED) is 0.657. The maximum atomic E-state index is 12.5. The van der Waals surface area contributed by atoms with Crippen molar-refractivity contribution >= 4 is 17.6 Å². The molecule has 6 nitrogen and oxygen atoms in total. The maximum absolute atomic E-state index is 12.5. The fraction of sp³-hybridized carbons (Fsp3) is 0.462. The van der Waals surface area contributed by atoms with Gasteiger partial charge in [0, 0.05) is 19.2 Å². The summed E-state index contributed by atoms with van der Waals surface area (Å²) >= 11 is 0. The number of amides is 1. The smallest absolute Gasteiger partial charge is 0.428 e. The molecule has 1 fully saturated rings. The fourth-order valence-corrected chi connectivity index (χ4v) is 2.17. The van der Waals surface area contributed by atoms with E-state index in [1.807, 2.05) is 0 Å². The zero-order valence-corrected chi connectivity index (χ0v) is 11.5. The van der Waals surface area contributed by atoms with Crippen LogP contribution in [0.5, 0.6) is 0 Å². The molecule has 0 spiro atoms. The van der Waals surface area contributed by atoms with Gasteiger partial charge in [-0.25, -0.2) is 4.79 Å². The summed E-state index contributed by atoms with van der Waals surface area (Å²) in [5, 5.41) is 0. The van der Waals surface area contributed by atoms with Gasteiger partial charge in [-0.15, -0.1) is 0 Å². The molecule has 120 valence electrons. The number of halogens is 3. The minimum absolute atomic E-state index is 0.176. The summed E-state index contributed by atoms with van der Waals surface area (Å²) in [6.45, 7) is 0.257. The number of carbonyl (C=O) groups is 2. The molecular formula is C13H14F3N3O3. The molecule has 1 aliphatic rings. The van der Waals surface area contributed by atoms with Crippen LogP contribution in [0.4, 0.5) is 18.9 Å². The number of carbonyl (C=O) groups excluding carboxylic acids is 2. The first-order chi connectivity index (χ1) is 10.2. The van der Waals surface area contributed by atoms with E-state index in [2.05, 4.69) is 9.72 Å². The van der Waals surface area contributed by atoms with E-state index in [0.717, 1.165) is 0 Å². The lowest BCUT2D eigenvalue weighted by molar-refractivity contribution is -0.214. The summed E-state index contributed by atoms with van der Waals surface area (Å²) < 4.78 is 41.4. The van der Waals surface area contributed by atoms with Gasteiger partial charge in [-0.1, -0.05) is 0 Å². The van der Waals surface area contributed by atoms with Crippen LogP contribution >= 0.6 is 0 Å². The van der Waals surface area contributed by atoms with Gasteiger partial charge in [-0.2, -0.15) is 13.2 Å². The minimum Gasteiger partial charge on any atom is -0.428 e. The number of hydrogen-bond donors (Lipinski definition) is 1. The molecule has 0 saturated carbocycles. The number of anilines is 1. The zero-order valence-electron chi connectivity index (χ0n) is 11.5. The number of nitrogens with zero attached hydrogens (tertiary/aromatic N) is 2. The van der Waals surface area contributed by atoms with E-state index >= 15 is 0 Å². The third-order valence-corrected chi connectivity index (χ3v) is 3.25. The summed E-state index contributed by atoms with van der Waals surface area (Å²) in [6.07, 6.45) is -1.64. The molecule has 1 saturated heterocycles. The SMILES string of the molecule is N[C@]1(OC(=O)C(F)(F)F)CCCCN(c2cccnc2)C1=O. The number of rotatable bonds is 2. The first kappa shape index (κ1) is 16.2. The van der Waals surface area contributed by atoms with Gasteiger partial charge < -0.3 is 9.64 Å². The first-order valence-corrected chi connectivity index (χ1v) is 6.55. The largest absolute Gasteiger partial charge is 0.491 e. The molecule has 2 N–H and O–H groups in total. The Hall–Kier alpha value is -2.16. The Balaban J connectivity index is 2.27. The molecule has 9 heteroatoms. The van der Waals surface area contributed by atoms with Crippen LogP contribution in [0.2, 0.25) is 0 Å². The Labute approximate surface area is 124 Å². The van der Waals surface area contributed by atoms with Gasteiger partial charge in [-0.3, -0.25) is 15.5 Å². The van der Waals surface area contributed by atoms with Crippen LogP contribution in [-0.2, 0) is 14.3 Å². The number of ether oxygens (including phenoxy) is 1. The van der Waals surface area contributed by atoms with Crippen molar-refractivity contribution in [2.45, 2.75) is 31.2 Å². The highest BCUT2D eigenvalue weighted by Gasteiger charge is 2.50. The van der Waals surface area contributed by atoms with Crippen molar-refractivity contribution in [2.75, 3.05) is 11.4 Å². The molecule has 0 bridgehead atoms. The van der Waals surface area contributed by atoms with E-state index in [4.69, 9.17) is 5.73 Å². The Morgan fingerprint density at radius 2 is 2.14 bits per heavy atom. The summed E-state index contributed by atoms with van der Waals surface area (Å²) in [6, 6.07) is 3.15. The summed E-state index contributed by atoms with van der Waals surface area (Å²) in [4.78, 5) is 28.5. The molecule has 1 aromatic heterocycles. The van der Waals surface area contributed by atoms with Gasteiger partial charge in [0.25, 0.3) is 5.91 Å². The number of pyridine rings is 1. The van der Waals surface area contributed by atoms with E-state index in [-0.39, 0.29) is 13.0 Å². The number of nitrogens with two attached hydrogens (primary N) is 1. The van der Waals surface area contributed by atoms with Crippen LogP contribution in [0.25, 0.3) is 0 Å². The highest BCUT2D eigenvalue weighted by molar-refractivity contribution is 6.00. The lowest BCUT2D eigenvalue weighted by Gasteiger charge is -2.31. The van der Waals surface area contributed by atoms with Gasteiger partial charge in [0.2, 0.25) is 5.72 Å². The second-order valence-corrected chi connectivity index (χ2v) is 4.90. The van der Waals surface area contributed by atoms with Crippen LogP contribution in [0, 0.1) is 0 Å². The number of hydrogen-bond acceptors (Lipinski definition) is 5. The molecule has 0 unspecified atom stereocenters. The van der Waals surface area contributed by atoms with Crippen molar-refractivity contribution in [1.82, 2.24) is 4.98 Å². The average molecular weight is 317 g/mol. The molecule has 1 aliphatic heterocycles. The average Bonchev–Trinajstić information content (AvgIpc) is 2.59. The Morgan fingerprint density at radius 3 is 2.73 bits per heavy atom. The zero-order chi connectivity index (χ0) is 16.4. The molecule has 0 aliphatic carbocycles. The summed E-state index contributed by atoms with van der Waals surface area (Å²) in [7, 11) is 0. The van der Waals surface area contributed by atoms with Crippen LogP contribution in [-0.4, -0.2) is 35.3 Å².